The molecule has 12 heteroatoms. The lowest BCUT2D eigenvalue weighted by molar-refractivity contribution is 0.473. The van der Waals surface area contributed by atoms with E-state index >= 15 is 0 Å². The van der Waals surface area contributed by atoms with Crippen molar-refractivity contribution in [1.29, 1.82) is 0 Å². The predicted octanol–water partition coefficient (Wildman–Crippen LogP) is 5.04. The maximum absolute atomic E-state index is 10.0. The van der Waals surface area contributed by atoms with Gasteiger partial charge in [-0.05, 0) is 48.9 Å². The van der Waals surface area contributed by atoms with E-state index in [0.29, 0.717) is 19.8 Å². The van der Waals surface area contributed by atoms with E-state index in [2.05, 4.69) is 21.1 Å². The van der Waals surface area contributed by atoms with Crippen LogP contribution in [0.5, 0.6) is 11.5 Å². The maximum Gasteiger partial charge on any atom is 0.153 e. The molecule has 158 valence electrons. The van der Waals surface area contributed by atoms with Gasteiger partial charge in [0.05, 0.1) is 12.4 Å². The summed E-state index contributed by atoms with van der Waals surface area (Å²) >= 11 is 12.8. The minimum absolute atomic E-state index is 0.128. The van der Waals surface area contributed by atoms with Gasteiger partial charge in [0.25, 0.3) is 0 Å². The summed E-state index contributed by atoms with van der Waals surface area (Å²) in [5.41, 5.74) is 6.58. The Morgan fingerprint density at radius 1 is 0.800 bits per heavy atom. The van der Waals surface area contributed by atoms with Gasteiger partial charge in [0.15, 0.2) is 8.64 Å². The lowest BCUT2D eigenvalue weighted by Gasteiger charge is -2.06. The predicted molar refractivity (Wildman–Crippen MR) is 142 cm³/mol. The molecule has 2 aromatic rings. The number of phenols is 2. The SMILES string of the molecule is CSC(=S)N/N=C/c1cc(SSc2ccc(O)c(/C=N/NC(=S)SC)c2)ccc1O. The van der Waals surface area contributed by atoms with Crippen molar-refractivity contribution in [2.75, 3.05) is 12.5 Å². The molecule has 2 rings (SSSR count). The Kier molecular flexibility index (Phi) is 10.8. The quantitative estimate of drug-likeness (QED) is 0.174. The zero-order valence-electron chi connectivity index (χ0n) is 15.9. The molecule has 0 aliphatic heterocycles. The lowest BCUT2D eigenvalue weighted by atomic mass is 10.2. The molecule has 6 nitrogen and oxygen atoms in total. The molecule has 0 aliphatic carbocycles. The second kappa shape index (κ2) is 13.1. The van der Waals surface area contributed by atoms with Gasteiger partial charge in [-0.25, -0.2) is 0 Å². The number of aromatic hydroxyl groups is 2. The summed E-state index contributed by atoms with van der Waals surface area (Å²) in [7, 11) is 3.03. The van der Waals surface area contributed by atoms with Crippen molar-refractivity contribution in [3.8, 4) is 11.5 Å². The van der Waals surface area contributed by atoms with Gasteiger partial charge in [-0.2, -0.15) is 10.2 Å². The standard InChI is InChI=1S/C18H18N4O2S6/c1-27-17(25)21-19-9-11-7-13(3-5-15(11)23)29-30-14-4-6-16(24)12(8-14)10-20-22-18(26)28-2/h3-10,23-24H,1-2H3,(H,21,25)(H,22,26)/b19-9+,20-10+. The van der Waals surface area contributed by atoms with Crippen LogP contribution in [-0.4, -0.2) is 43.8 Å². The molecular weight excluding hydrogens is 497 g/mol. The van der Waals surface area contributed by atoms with E-state index in [-0.39, 0.29) is 11.5 Å². The van der Waals surface area contributed by atoms with Crippen LogP contribution in [0.2, 0.25) is 0 Å². The van der Waals surface area contributed by atoms with E-state index in [9.17, 15) is 10.2 Å². The number of hydrogen-bond donors (Lipinski definition) is 4. The Balaban J connectivity index is 2.04. The van der Waals surface area contributed by atoms with Crippen LogP contribution in [0.15, 0.2) is 56.4 Å². The molecule has 0 aromatic heterocycles. The zero-order chi connectivity index (χ0) is 21.9. The number of nitrogens with zero attached hydrogens (tertiary/aromatic N) is 2. The first-order valence-electron chi connectivity index (χ1n) is 8.17. The summed E-state index contributed by atoms with van der Waals surface area (Å²) in [5.74, 6) is 0.257. The van der Waals surface area contributed by atoms with Gasteiger partial charge < -0.3 is 10.2 Å². The normalized spacial score (nSPS) is 11.1. The third kappa shape index (κ3) is 8.36. The number of nitrogens with one attached hydrogen (secondary N) is 2. The Hall–Kier alpha value is -1.44. The first-order valence-corrected chi connectivity index (χ1v) is 13.6. The van der Waals surface area contributed by atoms with Gasteiger partial charge in [0.2, 0.25) is 0 Å². The van der Waals surface area contributed by atoms with Crippen molar-refractivity contribution in [1.82, 2.24) is 10.9 Å². The van der Waals surface area contributed by atoms with Crippen LogP contribution in [0.25, 0.3) is 0 Å². The molecule has 0 atom stereocenters. The molecule has 2 aromatic carbocycles. The number of hydrazone groups is 2. The molecule has 0 heterocycles. The third-order valence-electron chi connectivity index (χ3n) is 3.32. The Bertz CT molecular complexity index is 890. The molecule has 0 amide bonds. The van der Waals surface area contributed by atoms with E-state index in [1.54, 1.807) is 12.1 Å². The number of hydrogen-bond acceptors (Lipinski definition) is 10. The van der Waals surface area contributed by atoms with Crippen LogP contribution < -0.4 is 10.9 Å². The van der Waals surface area contributed by atoms with Crippen molar-refractivity contribution in [3.05, 3.63) is 47.5 Å². The van der Waals surface area contributed by atoms with Gasteiger partial charge in [0, 0.05) is 20.9 Å². The first kappa shape index (κ1) is 24.8. The van der Waals surface area contributed by atoms with Crippen LogP contribution >= 0.6 is 69.5 Å². The highest BCUT2D eigenvalue weighted by atomic mass is 33.1. The Morgan fingerprint density at radius 2 is 1.20 bits per heavy atom. The molecular formula is C18H18N4O2S6. The number of rotatable bonds is 7. The van der Waals surface area contributed by atoms with Gasteiger partial charge in [-0.1, -0.05) is 69.5 Å². The molecule has 0 saturated carbocycles. The number of thioether (sulfide) groups is 2. The van der Waals surface area contributed by atoms with E-state index in [0.717, 1.165) is 9.79 Å². The molecule has 0 saturated heterocycles. The van der Waals surface area contributed by atoms with E-state index in [1.165, 1.54) is 57.5 Å². The summed E-state index contributed by atoms with van der Waals surface area (Å²) in [6, 6.07) is 10.5. The van der Waals surface area contributed by atoms with Crippen molar-refractivity contribution < 1.29 is 10.2 Å². The van der Waals surface area contributed by atoms with E-state index in [1.807, 2.05) is 36.8 Å². The topological polar surface area (TPSA) is 89.2 Å². The smallest absolute Gasteiger partial charge is 0.153 e. The second-order valence-corrected chi connectivity index (χ2v) is 10.6. The summed E-state index contributed by atoms with van der Waals surface area (Å²) in [6.07, 6.45) is 6.75. The third-order valence-corrected chi connectivity index (χ3v) is 7.81. The monoisotopic (exact) mass is 514 g/mol. The number of benzene rings is 2. The second-order valence-electron chi connectivity index (χ2n) is 5.33. The lowest BCUT2D eigenvalue weighted by Crippen LogP contribution is -2.10. The fourth-order valence-corrected chi connectivity index (χ4v) is 4.25. The van der Waals surface area contributed by atoms with Crippen molar-refractivity contribution in [2.24, 2.45) is 10.2 Å². The molecule has 0 fully saturated rings. The van der Waals surface area contributed by atoms with Crippen molar-refractivity contribution in [3.63, 3.8) is 0 Å². The summed E-state index contributed by atoms with van der Waals surface area (Å²) in [4.78, 5) is 1.86. The Morgan fingerprint density at radius 3 is 1.57 bits per heavy atom. The molecule has 4 N–H and O–H groups in total. The summed E-state index contributed by atoms with van der Waals surface area (Å²) in [5, 5.41) is 28.1. The minimum Gasteiger partial charge on any atom is -0.507 e. The molecule has 0 aliphatic rings. The number of thiocarbonyl (C=S) groups is 2. The fourth-order valence-electron chi connectivity index (χ4n) is 1.87. The van der Waals surface area contributed by atoms with Crippen LogP contribution in [0.4, 0.5) is 0 Å². The molecule has 30 heavy (non-hydrogen) atoms. The average molecular weight is 515 g/mol. The van der Waals surface area contributed by atoms with E-state index in [4.69, 9.17) is 24.4 Å². The zero-order valence-corrected chi connectivity index (χ0v) is 20.8. The highest BCUT2D eigenvalue weighted by Crippen LogP contribution is 2.39. The van der Waals surface area contributed by atoms with Crippen LogP contribution in [0.1, 0.15) is 11.1 Å². The first-order chi connectivity index (χ1) is 14.4. The van der Waals surface area contributed by atoms with E-state index < -0.39 is 0 Å². The summed E-state index contributed by atoms with van der Waals surface area (Å²) in [6.45, 7) is 0. The van der Waals surface area contributed by atoms with Gasteiger partial charge >= 0.3 is 0 Å². The van der Waals surface area contributed by atoms with Crippen LogP contribution in [-0.2, 0) is 0 Å². The van der Waals surface area contributed by atoms with Gasteiger partial charge in [-0.15, -0.1) is 0 Å². The molecule has 0 bridgehead atoms. The maximum atomic E-state index is 10.0. The largest absolute Gasteiger partial charge is 0.507 e. The molecule has 0 spiro atoms. The minimum atomic E-state index is 0.128. The van der Waals surface area contributed by atoms with Crippen molar-refractivity contribution >= 4 is 90.6 Å². The van der Waals surface area contributed by atoms with Crippen LogP contribution in [0, 0.1) is 0 Å². The molecule has 0 unspecified atom stereocenters. The van der Waals surface area contributed by atoms with Crippen molar-refractivity contribution in [2.45, 2.75) is 9.79 Å². The number of phenolic OH excluding ortho intramolecular Hbond substituents is 2. The summed E-state index contributed by atoms with van der Waals surface area (Å²) < 4.78 is 1.09. The highest BCUT2D eigenvalue weighted by molar-refractivity contribution is 8.76. The fraction of sp³-hybridized carbons (Fsp3) is 0.111. The van der Waals surface area contributed by atoms with Crippen LogP contribution in [0.3, 0.4) is 0 Å². The van der Waals surface area contributed by atoms with Gasteiger partial charge in [0.1, 0.15) is 11.5 Å². The Labute approximate surface area is 202 Å². The highest BCUT2D eigenvalue weighted by Gasteiger charge is 2.06. The molecule has 0 radical (unpaired) electrons. The van der Waals surface area contributed by atoms with Gasteiger partial charge in [-0.3, -0.25) is 10.9 Å². The average Bonchev–Trinajstić information content (AvgIpc) is 2.75.